The summed E-state index contributed by atoms with van der Waals surface area (Å²) in [4.78, 5) is 13.2. The largest absolute Gasteiger partial charge is 0.391 e. The summed E-state index contributed by atoms with van der Waals surface area (Å²) in [6, 6.07) is 0. The van der Waals surface area contributed by atoms with Gasteiger partial charge in [-0.15, -0.1) is 10.2 Å². The van der Waals surface area contributed by atoms with E-state index in [4.69, 9.17) is 0 Å². The van der Waals surface area contributed by atoms with Gasteiger partial charge < -0.3 is 0 Å². The molecule has 1 aromatic rings. The monoisotopic (exact) mass is 276 g/mol. The molecule has 2 rings (SSSR count). The molecule has 0 spiro atoms. The Hall–Kier alpha value is -1.47. The summed E-state index contributed by atoms with van der Waals surface area (Å²) in [6.07, 6.45) is -3.27. The van der Waals surface area contributed by atoms with E-state index >= 15 is 0 Å². The van der Waals surface area contributed by atoms with Gasteiger partial charge in [-0.1, -0.05) is 6.42 Å². The smallest absolute Gasteiger partial charge is 0.299 e. The third-order valence-electron chi connectivity index (χ3n) is 3.47. The van der Waals surface area contributed by atoms with Crippen molar-refractivity contribution in [3.05, 3.63) is 5.82 Å². The number of carbonyl (C=O) groups excluding carboxylic acids is 1. The van der Waals surface area contributed by atoms with Gasteiger partial charge in [0.1, 0.15) is 5.78 Å². The zero-order chi connectivity index (χ0) is 14.0. The fourth-order valence-corrected chi connectivity index (χ4v) is 2.47. The fraction of sp³-hybridized carbons (Fsp3) is 0.818. The topological polar surface area (TPSA) is 60.7 Å². The number of Topliss-reactive ketones (excluding diaryl/α,β-unsaturated/α-hetero) is 1. The summed E-state index contributed by atoms with van der Waals surface area (Å²) in [5.74, 6) is -1.85. The second-order valence-corrected chi connectivity index (χ2v) is 4.94. The highest BCUT2D eigenvalue weighted by Crippen LogP contribution is 2.40. The van der Waals surface area contributed by atoms with Crippen LogP contribution < -0.4 is 0 Å². The molecule has 0 saturated heterocycles. The Morgan fingerprint density at radius 2 is 2.16 bits per heavy atom. The lowest BCUT2D eigenvalue weighted by Gasteiger charge is -2.29. The zero-order valence-corrected chi connectivity index (χ0v) is 10.5. The normalized spacial score (nSPS) is 24.4. The van der Waals surface area contributed by atoms with Gasteiger partial charge in [-0.25, -0.2) is 0 Å². The molecule has 1 saturated carbocycles. The minimum Gasteiger partial charge on any atom is -0.299 e. The minimum absolute atomic E-state index is 0.0386. The Kier molecular flexibility index (Phi) is 3.86. The number of alkyl halides is 3. The van der Waals surface area contributed by atoms with Crippen molar-refractivity contribution in [3.8, 4) is 0 Å². The van der Waals surface area contributed by atoms with Gasteiger partial charge in [0.05, 0.1) is 19.4 Å². The SMILES string of the molecule is Cn1nnc(CC(=O)C2CCCC(C(F)(F)F)C2)n1. The van der Waals surface area contributed by atoms with Gasteiger partial charge in [0.15, 0.2) is 5.82 Å². The molecule has 0 amide bonds. The van der Waals surface area contributed by atoms with Gasteiger partial charge in [-0.3, -0.25) is 4.79 Å². The zero-order valence-electron chi connectivity index (χ0n) is 10.5. The van der Waals surface area contributed by atoms with E-state index in [9.17, 15) is 18.0 Å². The first kappa shape index (κ1) is 14.0. The van der Waals surface area contributed by atoms with Crippen molar-refractivity contribution in [2.75, 3.05) is 0 Å². The van der Waals surface area contributed by atoms with E-state index in [2.05, 4.69) is 15.4 Å². The molecule has 19 heavy (non-hydrogen) atoms. The lowest BCUT2D eigenvalue weighted by atomic mass is 9.78. The molecule has 8 heteroatoms. The fourth-order valence-electron chi connectivity index (χ4n) is 2.47. The molecule has 2 unspecified atom stereocenters. The number of hydrogen-bond acceptors (Lipinski definition) is 4. The highest BCUT2D eigenvalue weighted by atomic mass is 19.4. The minimum atomic E-state index is -4.20. The van der Waals surface area contributed by atoms with Crippen LogP contribution in [0.5, 0.6) is 0 Å². The Balaban J connectivity index is 1.95. The number of rotatable bonds is 3. The van der Waals surface area contributed by atoms with Crippen LogP contribution in [0.1, 0.15) is 31.5 Å². The molecule has 1 aliphatic carbocycles. The molecular weight excluding hydrogens is 261 g/mol. The second-order valence-electron chi connectivity index (χ2n) is 4.94. The Morgan fingerprint density at radius 3 is 2.74 bits per heavy atom. The Morgan fingerprint density at radius 1 is 1.42 bits per heavy atom. The molecule has 1 heterocycles. The quantitative estimate of drug-likeness (QED) is 0.843. The van der Waals surface area contributed by atoms with Crippen LogP contribution in [0.15, 0.2) is 0 Å². The lowest BCUT2D eigenvalue weighted by Crippen LogP contribution is -2.32. The first-order valence-corrected chi connectivity index (χ1v) is 6.18. The van der Waals surface area contributed by atoms with Crippen molar-refractivity contribution < 1.29 is 18.0 Å². The standard InChI is InChI=1S/C11H15F3N4O/c1-18-16-10(15-17-18)6-9(19)7-3-2-4-8(5-7)11(12,13)14/h7-8H,2-6H2,1H3. The van der Waals surface area contributed by atoms with Crippen LogP contribution >= 0.6 is 0 Å². The van der Waals surface area contributed by atoms with Gasteiger partial charge in [0, 0.05) is 5.92 Å². The van der Waals surface area contributed by atoms with Crippen LogP contribution in [-0.2, 0) is 18.3 Å². The van der Waals surface area contributed by atoms with Crippen LogP contribution in [0.4, 0.5) is 13.2 Å². The molecule has 1 aliphatic rings. The van der Waals surface area contributed by atoms with Crippen LogP contribution in [0.3, 0.4) is 0 Å². The van der Waals surface area contributed by atoms with Gasteiger partial charge in [0.2, 0.25) is 0 Å². The van der Waals surface area contributed by atoms with Crippen LogP contribution in [0.2, 0.25) is 0 Å². The average Bonchev–Trinajstić information content (AvgIpc) is 2.74. The van der Waals surface area contributed by atoms with Gasteiger partial charge in [-0.2, -0.15) is 18.0 Å². The van der Waals surface area contributed by atoms with Crippen molar-refractivity contribution in [2.45, 2.75) is 38.3 Å². The third kappa shape index (κ3) is 3.51. The molecular formula is C11H15F3N4O. The summed E-state index contributed by atoms with van der Waals surface area (Å²) in [5.41, 5.74) is 0. The molecule has 2 atom stereocenters. The first-order valence-electron chi connectivity index (χ1n) is 6.18. The molecule has 0 aliphatic heterocycles. The van der Waals surface area contributed by atoms with Crippen LogP contribution in [0.25, 0.3) is 0 Å². The maximum atomic E-state index is 12.7. The number of nitrogens with zero attached hydrogens (tertiary/aromatic N) is 4. The second kappa shape index (κ2) is 5.26. The van der Waals surface area contributed by atoms with Crippen molar-refractivity contribution >= 4 is 5.78 Å². The molecule has 1 aromatic heterocycles. The number of halogens is 3. The van der Waals surface area contributed by atoms with E-state index in [1.807, 2.05) is 0 Å². The Bertz CT molecular complexity index is 457. The number of hydrogen-bond donors (Lipinski definition) is 0. The average molecular weight is 276 g/mol. The molecule has 0 radical (unpaired) electrons. The molecule has 5 nitrogen and oxygen atoms in total. The highest BCUT2D eigenvalue weighted by molar-refractivity contribution is 5.82. The summed E-state index contributed by atoms with van der Waals surface area (Å²) in [6.45, 7) is 0. The van der Waals surface area contributed by atoms with E-state index in [0.29, 0.717) is 12.8 Å². The van der Waals surface area contributed by atoms with Gasteiger partial charge in [0.25, 0.3) is 0 Å². The van der Waals surface area contributed by atoms with Gasteiger partial charge >= 0.3 is 6.18 Å². The number of carbonyl (C=O) groups is 1. The molecule has 1 fully saturated rings. The van der Waals surface area contributed by atoms with E-state index in [-0.39, 0.29) is 30.9 Å². The maximum Gasteiger partial charge on any atom is 0.391 e. The molecule has 0 bridgehead atoms. The summed E-state index contributed by atoms with van der Waals surface area (Å²) >= 11 is 0. The van der Waals surface area contributed by atoms with E-state index in [1.165, 1.54) is 4.80 Å². The van der Waals surface area contributed by atoms with Crippen molar-refractivity contribution in [1.82, 2.24) is 20.2 Å². The van der Waals surface area contributed by atoms with E-state index in [0.717, 1.165) is 0 Å². The van der Waals surface area contributed by atoms with Gasteiger partial charge in [-0.05, 0) is 24.5 Å². The number of tetrazole rings is 1. The van der Waals surface area contributed by atoms with Crippen LogP contribution in [0, 0.1) is 11.8 Å². The van der Waals surface area contributed by atoms with E-state index < -0.39 is 18.0 Å². The maximum absolute atomic E-state index is 12.7. The molecule has 0 aromatic carbocycles. The molecule has 0 N–H and O–H groups in total. The third-order valence-corrected chi connectivity index (χ3v) is 3.47. The predicted octanol–water partition coefficient (Wildman–Crippen LogP) is 1.69. The van der Waals surface area contributed by atoms with Crippen molar-refractivity contribution in [1.29, 1.82) is 0 Å². The number of ketones is 1. The summed E-state index contributed by atoms with van der Waals surface area (Å²) < 4.78 is 38.0. The van der Waals surface area contributed by atoms with Crippen molar-refractivity contribution in [2.24, 2.45) is 18.9 Å². The summed E-state index contributed by atoms with van der Waals surface area (Å²) in [5, 5.41) is 11.1. The Labute approximate surface area is 108 Å². The predicted molar refractivity (Wildman–Crippen MR) is 59.0 cm³/mol. The highest BCUT2D eigenvalue weighted by Gasteiger charge is 2.43. The van der Waals surface area contributed by atoms with E-state index in [1.54, 1.807) is 7.05 Å². The first-order chi connectivity index (χ1) is 8.86. The van der Waals surface area contributed by atoms with Crippen molar-refractivity contribution in [3.63, 3.8) is 0 Å². The lowest BCUT2D eigenvalue weighted by molar-refractivity contribution is -0.186. The molecule has 106 valence electrons. The van der Waals surface area contributed by atoms with Crippen LogP contribution in [-0.4, -0.2) is 32.2 Å². The summed E-state index contributed by atoms with van der Waals surface area (Å²) in [7, 11) is 1.57. The number of aromatic nitrogens is 4. The number of aryl methyl sites for hydroxylation is 1.